The van der Waals surface area contributed by atoms with E-state index in [-0.39, 0.29) is 16.0 Å². The van der Waals surface area contributed by atoms with E-state index in [4.69, 9.17) is 16.7 Å². The molecule has 0 amide bonds. The smallest absolute Gasteiger partial charge is 0.328 e. The van der Waals surface area contributed by atoms with Gasteiger partial charge in [0, 0.05) is 12.1 Å². The summed E-state index contributed by atoms with van der Waals surface area (Å²) >= 11 is 6.01. The summed E-state index contributed by atoms with van der Waals surface area (Å²) < 4.78 is 27.2. The summed E-state index contributed by atoms with van der Waals surface area (Å²) in [5.74, 6) is -1.08. The van der Waals surface area contributed by atoms with Gasteiger partial charge in [0.1, 0.15) is 4.90 Å². The van der Waals surface area contributed by atoms with Crippen molar-refractivity contribution in [2.24, 2.45) is 0 Å². The van der Waals surface area contributed by atoms with E-state index in [1.165, 1.54) is 24.3 Å². The molecule has 0 heterocycles. The molecular weight excluding hydrogens is 314 g/mol. The largest absolute Gasteiger partial charge is 0.478 e. The van der Waals surface area contributed by atoms with Gasteiger partial charge in [0.15, 0.2) is 0 Å². The van der Waals surface area contributed by atoms with Gasteiger partial charge in [-0.2, -0.15) is 0 Å². The van der Waals surface area contributed by atoms with Crippen LogP contribution >= 0.6 is 11.6 Å². The minimum atomic E-state index is -3.64. The zero-order chi connectivity index (χ0) is 15.5. The number of rotatable bonds is 5. The van der Waals surface area contributed by atoms with E-state index in [2.05, 4.69) is 4.72 Å². The topological polar surface area (TPSA) is 83.5 Å². The highest BCUT2D eigenvalue weighted by atomic mass is 35.5. The van der Waals surface area contributed by atoms with Crippen molar-refractivity contribution in [3.8, 4) is 0 Å². The number of carboxylic acids is 1. The minimum Gasteiger partial charge on any atom is -0.478 e. The summed E-state index contributed by atoms with van der Waals surface area (Å²) in [6.45, 7) is 0. The number of sulfonamides is 1. The monoisotopic (exact) mass is 329 g/mol. The van der Waals surface area contributed by atoms with E-state index in [0.29, 0.717) is 5.56 Å². The van der Waals surface area contributed by atoms with Gasteiger partial charge in [-0.05, 0) is 36.6 Å². The Bertz CT molecular complexity index is 664. The van der Waals surface area contributed by atoms with Crippen LogP contribution in [0.25, 0.3) is 6.08 Å². The van der Waals surface area contributed by atoms with Crippen molar-refractivity contribution < 1.29 is 18.3 Å². The van der Waals surface area contributed by atoms with Gasteiger partial charge >= 0.3 is 5.97 Å². The van der Waals surface area contributed by atoms with Crippen molar-refractivity contribution in [3.63, 3.8) is 0 Å². The number of nitrogens with one attached hydrogen (secondary N) is 1. The molecule has 0 spiro atoms. The van der Waals surface area contributed by atoms with Crippen molar-refractivity contribution >= 4 is 33.7 Å². The lowest BCUT2D eigenvalue weighted by atomic mass is 10.2. The standard InChI is InChI=1S/C14H16ClNO4S/c15-12-9-10(6-8-14(17)18)5-7-13(12)21(19,20)16-11-3-1-2-4-11/h5-9,11,16H,1-4H2,(H,17,18). The molecule has 1 aliphatic carbocycles. The summed E-state index contributed by atoms with van der Waals surface area (Å²) in [6.07, 6.45) is 6.07. The average molecular weight is 330 g/mol. The van der Waals surface area contributed by atoms with Crippen LogP contribution in [-0.2, 0) is 14.8 Å². The Hall–Kier alpha value is -1.37. The van der Waals surface area contributed by atoms with E-state index in [1.54, 1.807) is 0 Å². The highest BCUT2D eigenvalue weighted by molar-refractivity contribution is 7.89. The molecule has 2 rings (SSSR count). The molecule has 21 heavy (non-hydrogen) atoms. The van der Waals surface area contributed by atoms with Crippen LogP contribution in [-0.4, -0.2) is 25.5 Å². The van der Waals surface area contributed by atoms with Crippen molar-refractivity contribution in [2.45, 2.75) is 36.6 Å². The number of halogens is 1. The Labute approximate surface area is 128 Å². The average Bonchev–Trinajstić information content (AvgIpc) is 2.88. The molecule has 1 fully saturated rings. The van der Waals surface area contributed by atoms with Gasteiger partial charge in [0.25, 0.3) is 0 Å². The molecule has 0 radical (unpaired) electrons. The Balaban J connectivity index is 2.21. The highest BCUT2D eigenvalue weighted by Crippen LogP contribution is 2.25. The number of carboxylic acid groups (broad SMARTS) is 1. The van der Waals surface area contributed by atoms with E-state index in [0.717, 1.165) is 31.8 Å². The summed E-state index contributed by atoms with van der Waals surface area (Å²) in [5, 5.41) is 8.64. The fourth-order valence-electron chi connectivity index (χ4n) is 2.33. The van der Waals surface area contributed by atoms with Crippen LogP contribution in [0.15, 0.2) is 29.2 Å². The van der Waals surface area contributed by atoms with Gasteiger partial charge in [-0.15, -0.1) is 0 Å². The Morgan fingerprint density at radius 2 is 2.00 bits per heavy atom. The van der Waals surface area contributed by atoms with E-state index >= 15 is 0 Å². The summed E-state index contributed by atoms with van der Waals surface area (Å²) in [4.78, 5) is 10.5. The molecule has 0 aromatic heterocycles. The summed E-state index contributed by atoms with van der Waals surface area (Å²) in [5.41, 5.74) is 0.530. The second-order valence-electron chi connectivity index (χ2n) is 4.96. The molecule has 0 bridgehead atoms. The molecule has 0 saturated heterocycles. The number of aliphatic carboxylic acids is 1. The zero-order valence-electron chi connectivity index (χ0n) is 11.3. The van der Waals surface area contributed by atoms with Crippen molar-refractivity contribution in [3.05, 3.63) is 34.9 Å². The van der Waals surface area contributed by atoms with Crippen LogP contribution in [0, 0.1) is 0 Å². The molecule has 0 aliphatic heterocycles. The number of hydrogen-bond donors (Lipinski definition) is 2. The first-order valence-electron chi connectivity index (χ1n) is 6.61. The molecule has 114 valence electrons. The van der Waals surface area contributed by atoms with Crippen molar-refractivity contribution in [2.75, 3.05) is 0 Å². The molecule has 0 atom stereocenters. The predicted octanol–water partition coefficient (Wildman–Crippen LogP) is 2.66. The van der Waals surface area contributed by atoms with Crippen molar-refractivity contribution in [1.29, 1.82) is 0 Å². The van der Waals surface area contributed by atoms with Crippen LogP contribution in [0.1, 0.15) is 31.2 Å². The first-order chi connectivity index (χ1) is 9.88. The maximum Gasteiger partial charge on any atom is 0.328 e. The lowest BCUT2D eigenvalue weighted by Crippen LogP contribution is -2.32. The second-order valence-corrected chi connectivity index (χ2v) is 7.05. The lowest BCUT2D eigenvalue weighted by Gasteiger charge is -2.13. The minimum absolute atomic E-state index is 0.0172. The van der Waals surface area contributed by atoms with Gasteiger partial charge in [0.05, 0.1) is 5.02 Å². The molecule has 2 N–H and O–H groups in total. The third-order valence-corrected chi connectivity index (χ3v) is 5.34. The SMILES string of the molecule is O=C(O)C=Cc1ccc(S(=O)(=O)NC2CCCC2)c(Cl)c1. The molecule has 7 heteroatoms. The Kier molecular flexibility index (Phi) is 5.03. The highest BCUT2D eigenvalue weighted by Gasteiger charge is 2.24. The Morgan fingerprint density at radius 3 is 2.57 bits per heavy atom. The van der Waals surface area contributed by atoms with Crippen molar-refractivity contribution in [1.82, 2.24) is 4.72 Å². The summed E-state index contributed by atoms with van der Waals surface area (Å²) in [6, 6.07) is 4.32. The molecule has 1 saturated carbocycles. The van der Waals surface area contributed by atoms with Gasteiger partial charge in [-0.25, -0.2) is 17.9 Å². The maximum absolute atomic E-state index is 12.3. The fourth-order valence-corrected chi connectivity index (χ4v) is 4.19. The molecular formula is C14H16ClNO4S. The molecule has 1 aromatic carbocycles. The van der Waals surface area contributed by atoms with Crippen LogP contribution in [0.4, 0.5) is 0 Å². The van der Waals surface area contributed by atoms with Gasteiger partial charge in [-0.1, -0.05) is 30.5 Å². The van der Waals surface area contributed by atoms with Gasteiger partial charge < -0.3 is 5.11 Å². The number of carbonyl (C=O) groups is 1. The van der Waals surface area contributed by atoms with E-state index < -0.39 is 16.0 Å². The third-order valence-electron chi connectivity index (χ3n) is 3.34. The fraction of sp³-hybridized carbons (Fsp3) is 0.357. The van der Waals surface area contributed by atoms with Crippen LogP contribution in [0.3, 0.4) is 0 Å². The zero-order valence-corrected chi connectivity index (χ0v) is 12.8. The maximum atomic E-state index is 12.3. The second kappa shape index (κ2) is 6.60. The molecule has 0 unspecified atom stereocenters. The van der Waals surface area contributed by atoms with Crippen LogP contribution in [0.2, 0.25) is 5.02 Å². The third kappa shape index (κ3) is 4.30. The Morgan fingerprint density at radius 1 is 1.33 bits per heavy atom. The molecule has 1 aliphatic rings. The van der Waals surface area contributed by atoms with Gasteiger partial charge in [0.2, 0.25) is 10.0 Å². The van der Waals surface area contributed by atoms with E-state index in [9.17, 15) is 13.2 Å². The number of benzene rings is 1. The first kappa shape index (κ1) is 16.0. The molecule has 1 aromatic rings. The quantitative estimate of drug-likeness (QED) is 0.813. The predicted molar refractivity (Wildman–Crippen MR) is 80.7 cm³/mol. The lowest BCUT2D eigenvalue weighted by molar-refractivity contribution is -0.131. The first-order valence-corrected chi connectivity index (χ1v) is 8.47. The van der Waals surface area contributed by atoms with E-state index in [1.807, 2.05) is 0 Å². The normalized spacial score (nSPS) is 16.6. The van der Waals surface area contributed by atoms with Crippen LogP contribution in [0.5, 0.6) is 0 Å². The summed E-state index contributed by atoms with van der Waals surface area (Å²) in [7, 11) is -3.64. The molecule has 5 nitrogen and oxygen atoms in total. The van der Waals surface area contributed by atoms with Gasteiger partial charge in [-0.3, -0.25) is 0 Å². The van der Waals surface area contributed by atoms with Crippen LogP contribution < -0.4 is 4.72 Å². The number of hydrogen-bond acceptors (Lipinski definition) is 3.